The van der Waals surface area contributed by atoms with E-state index in [0.29, 0.717) is 30.3 Å². The van der Waals surface area contributed by atoms with Crippen LogP contribution in [0.1, 0.15) is 11.1 Å². The number of nitrogens with zero attached hydrogens (tertiary/aromatic N) is 1. The molecule has 2 aromatic rings. The molecule has 0 atom stereocenters. The fraction of sp³-hybridized carbons (Fsp3) is 0.0909. The Balaban J connectivity index is 1.91. The summed E-state index contributed by atoms with van der Waals surface area (Å²) in [4.78, 5) is 16.6. The Morgan fingerprint density at radius 2 is 1.75 bits per heavy atom. The summed E-state index contributed by atoms with van der Waals surface area (Å²) >= 11 is 3.44. The highest BCUT2D eigenvalue weighted by molar-refractivity contribution is 9.10. The van der Waals surface area contributed by atoms with Gasteiger partial charge in [-0.1, -0.05) is 43.5 Å². The van der Waals surface area contributed by atoms with E-state index in [9.17, 15) is 4.79 Å². The molecule has 0 radical (unpaired) electrons. The van der Waals surface area contributed by atoms with Crippen LogP contribution in [0, 0.1) is 0 Å². The molecular formula is C22H18BrNO4. The lowest BCUT2D eigenvalue weighted by Crippen LogP contribution is -2.05. The van der Waals surface area contributed by atoms with Crippen molar-refractivity contribution >= 4 is 33.9 Å². The van der Waals surface area contributed by atoms with Crippen molar-refractivity contribution in [3.63, 3.8) is 0 Å². The van der Waals surface area contributed by atoms with E-state index in [1.807, 2.05) is 30.3 Å². The van der Waals surface area contributed by atoms with Crippen LogP contribution in [-0.2, 0) is 9.53 Å². The molecule has 6 heteroatoms. The number of aliphatic imine (C=N–C) groups is 1. The third kappa shape index (κ3) is 4.58. The van der Waals surface area contributed by atoms with Crippen LogP contribution in [0.4, 0.5) is 0 Å². The standard InChI is InChI=1S/C22H18BrNO4/c1-3-11-26-19-10-9-15(14-20(19)27-12-4-2)13-18-22(25)28-21(24-18)16-7-5-6-8-17(16)23/h3-10,13-14H,1-2,11-12H2. The maximum absolute atomic E-state index is 12.2. The number of carbonyl (C=O) groups is 1. The molecule has 1 aliphatic heterocycles. The number of cyclic esters (lactones) is 1. The summed E-state index contributed by atoms with van der Waals surface area (Å²) in [6.07, 6.45) is 4.94. The van der Waals surface area contributed by atoms with Gasteiger partial charge >= 0.3 is 5.97 Å². The van der Waals surface area contributed by atoms with Crippen LogP contribution >= 0.6 is 15.9 Å². The molecule has 3 rings (SSSR count). The molecule has 0 spiro atoms. The van der Waals surface area contributed by atoms with Gasteiger partial charge in [0.05, 0.1) is 5.56 Å². The largest absolute Gasteiger partial charge is 0.486 e. The maximum atomic E-state index is 12.2. The molecule has 0 fully saturated rings. The summed E-state index contributed by atoms with van der Waals surface area (Å²) in [6, 6.07) is 12.8. The number of hydrogen-bond acceptors (Lipinski definition) is 5. The topological polar surface area (TPSA) is 57.1 Å². The third-order valence-corrected chi connectivity index (χ3v) is 4.40. The van der Waals surface area contributed by atoms with E-state index in [-0.39, 0.29) is 11.6 Å². The van der Waals surface area contributed by atoms with E-state index < -0.39 is 5.97 Å². The lowest BCUT2D eigenvalue weighted by molar-refractivity contribution is -0.129. The fourth-order valence-corrected chi connectivity index (χ4v) is 2.92. The van der Waals surface area contributed by atoms with E-state index in [1.54, 1.807) is 30.4 Å². The third-order valence-electron chi connectivity index (χ3n) is 3.71. The normalized spacial score (nSPS) is 14.4. The van der Waals surface area contributed by atoms with Gasteiger partial charge in [-0.25, -0.2) is 9.79 Å². The molecule has 0 aliphatic carbocycles. The Bertz CT molecular complexity index is 978. The zero-order chi connectivity index (χ0) is 19.9. The minimum absolute atomic E-state index is 0.209. The Hall–Kier alpha value is -3.12. The van der Waals surface area contributed by atoms with Crippen molar-refractivity contribution in [3.8, 4) is 11.5 Å². The fourth-order valence-electron chi connectivity index (χ4n) is 2.46. The molecule has 0 saturated heterocycles. The van der Waals surface area contributed by atoms with E-state index in [0.717, 1.165) is 10.0 Å². The molecule has 1 aliphatic rings. The molecule has 0 aromatic heterocycles. The van der Waals surface area contributed by atoms with Crippen LogP contribution in [-0.4, -0.2) is 25.1 Å². The van der Waals surface area contributed by atoms with Gasteiger partial charge in [0, 0.05) is 4.47 Å². The van der Waals surface area contributed by atoms with E-state index in [4.69, 9.17) is 14.2 Å². The predicted molar refractivity (Wildman–Crippen MR) is 113 cm³/mol. The summed E-state index contributed by atoms with van der Waals surface area (Å²) in [5.74, 6) is 0.872. The van der Waals surface area contributed by atoms with Crippen molar-refractivity contribution in [2.75, 3.05) is 13.2 Å². The van der Waals surface area contributed by atoms with E-state index in [2.05, 4.69) is 34.1 Å². The van der Waals surface area contributed by atoms with Crippen molar-refractivity contribution in [2.24, 2.45) is 4.99 Å². The molecule has 0 saturated carbocycles. The first kappa shape index (κ1) is 19.6. The van der Waals surface area contributed by atoms with Crippen molar-refractivity contribution in [1.82, 2.24) is 0 Å². The molecule has 0 bridgehead atoms. The second-order valence-electron chi connectivity index (χ2n) is 5.72. The maximum Gasteiger partial charge on any atom is 0.363 e. The molecule has 0 unspecified atom stereocenters. The number of esters is 1. The molecular weight excluding hydrogens is 422 g/mol. The summed E-state index contributed by atoms with van der Waals surface area (Å²) in [5.41, 5.74) is 1.65. The number of rotatable bonds is 8. The van der Waals surface area contributed by atoms with Gasteiger partial charge in [-0.2, -0.15) is 0 Å². The Morgan fingerprint density at radius 3 is 2.46 bits per heavy atom. The number of benzene rings is 2. The Morgan fingerprint density at radius 1 is 1.04 bits per heavy atom. The van der Waals surface area contributed by atoms with Crippen LogP contribution < -0.4 is 9.47 Å². The van der Waals surface area contributed by atoms with E-state index >= 15 is 0 Å². The van der Waals surface area contributed by atoms with Crippen molar-refractivity contribution in [1.29, 1.82) is 0 Å². The van der Waals surface area contributed by atoms with Gasteiger partial charge in [0.1, 0.15) is 13.2 Å². The first-order valence-corrected chi connectivity index (χ1v) is 9.30. The first-order valence-electron chi connectivity index (χ1n) is 8.51. The molecule has 2 aromatic carbocycles. The highest BCUT2D eigenvalue weighted by Gasteiger charge is 2.25. The van der Waals surface area contributed by atoms with Crippen molar-refractivity contribution in [2.45, 2.75) is 0 Å². The summed E-state index contributed by atoms with van der Waals surface area (Å²) in [6.45, 7) is 7.98. The smallest absolute Gasteiger partial charge is 0.363 e. The highest BCUT2D eigenvalue weighted by atomic mass is 79.9. The van der Waals surface area contributed by atoms with Gasteiger partial charge < -0.3 is 14.2 Å². The van der Waals surface area contributed by atoms with Crippen LogP contribution in [0.25, 0.3) is 6.08 Å². The number of hydrogen-bond donors (Lipinski definition) is 0. The minimum Gasteiger partial charge on any atom is -0.486 e. The summed E-state index contributed by atoms with van der Waals surface area (Å²) in [5, 5.41) is 0. The van der Waals surface area contributed by atoms with Gasteiger partial charge in [0.25, 0.3) is 0 Å². The molecule has 28 heavy (non-hydrogen) atoms. The lowest BCUT2D eigenvalue weighted by Gasteiger charge is -2.11. The van der Waals surface area contributed by atoms with Crippen LogP contribution in [0.5, 0.6) is 11.5 Å². The Kier molecular flexibility index (Phi) is 6.45. The molecule has 0 amide bonds. The van der Waals surface area contributed by atoms with Gasteiger partial charge in [-0.15, -0.1) is 0 Å². The van der Waals surface area contributed by atoms with Crippen LogP contribution in [0.2, 0.25) is 0 Å². The SMILES string of the molecule is C=CCOc1ccc(C=C2N=C(c3ccccc3Br)OC2=O)cc1OCC=C. The average molecular weight is 440 g/mol. The molecule has 0 N–H and O–H groups in total. The van der Waals surface area contributed by atoms with Gasteiger partial charge in [-0.3, -0.25) is 0 Å². The van der Waals surface area contributed by atoms with Gasteiger partial charge in [0.2, 0.25) is 5.90 Å². The zero-order valence-electron chi connectivity index (χ0n) is 15.1. The van der Waals surface area contributed by atoms with Gasteiger partial charge in [-0.05, 0) is 51.8 Å². The molecule has 1 heterocycles. The number of ether oxygens (including phenoxy) is 3. The van der Waals surface area contributed by atoms with Crippen LogP contribution in [0.3, 0.4) is 0 Å². The number of carbonyl (C=O) groups excluding carboxylic acids is 1. The zero-order valence-corrected chi connectivity index (χ0v) is 16.6. The van der Waals surface area contributed by atoms with E-state index in [1.165, 1.54) is 0 Å². The second-order valence-corrected chi connectivity index (χ2v) is 6.58. The van der Waals surface area contributed by atoms with Gasteiger partial charge in [0.15, 0.2) is 17.2 Å². The van der Waals surface area contributed by atoms with Crippen molar-refractivity contribution < 1.29 is 19.0 Å². The minimum atomic E-state index is -0.508. The molecule has 142 valence electrons. The van der Waals surface area contributed by atoms with Crippen LogP contribution in [0.15, 0.2) is 82.9 Å². The summed E-state index contributed by atoms with van der Waals surface area (Å²) < 4.78 is 17.4. The molecule has 5 nitrogen and oxygen atoms in total. The second kappa shape index (κ2) is 9.19. The monoisotopic (exact) mass is 439 g/mol. The number of halogens is 1. The van der Waals surface area contributed by atoms with Crippen molar-refractivity contribution in [3.05, 3.63) is 89.1 Å². The highest BCUT2D eigenvalue weighted by Crippen LogP contribution is 2.30. The lowest BCUT2D eigenvalue weighted by atomic mass is 10.1. The first-order chi connectivity index (χ1) is 13.6. The quantitative estimate of drug-likeness (QED) is 0.332. The summed E-state index contributed by atoms with van der Waals surface area (Å²) in [7, 11) is 0. The average Bonchev–Trinajstić information content (AvgIpc) is 3.06. The Labute approximate surface area is 171 Å². The predicted octanol–water partition coefficient (Wildman–Crippen LogP) is 4.92.